The summed E-state index contributed by atoms with van der Waals surface area (Å²) >= 11 is 11.7. The predicted octanol–water partition coefficient (Wildman–Crippen LogP) is 5.06. The largest absolute Gasteiger partial charge is 0.416 e. The highest BCUT2D eigenvalue weighted by Gasteiger charge is 2.31. The van der Waals surface area contributed by atoms with Crippen LogP contribution in [-0.2, 0) is 6.18 Å². The summed E-state index contributed by atoms with van der Waals surface area (Å²) in [6, 6.07) is 3.29. The molecule has 1 heterocycles. The van der Waals surface area contributed by atoms with Crippen LogP contribution < -0.4 is 0 Å². The molecule has 0 amide bonds. The Bertz CT molecular complexity index is 574. The van der Waals surface area contributed by atoms with Crippen LogP contribution in [0.5, 0.6) is 0 Å². The maximum atomic E-state index is 12.5. The van der Waals surface area contributed by atoms with Crippen LogP contribution in [0.2, 0.25) is 5.02 Å². The van der Waals surface area contributed by atoms with Crippen LogP contribution in [0.15, 0.2) is 34.5 Å². The molecule has 0 atom stereocenters. The van der Waals surface area contributed by atoms with Crippen LogP contribution in [0, 0.1) is 0 Å². The van der Waals surface area contributed by atoms with E-state index in [4.69, 9.17) is 23.2 Å². The van der Waals surface area contributed by atoms with Crippen LogP contribution in [0.4, 0.5) is 13.2 Å². The molecule has 1 aromatic rings. The molecule has 0 aliphatic carbocycles. The predicted molar refractivity (Wildman–Crippen MR) is 71.0 cm³/mol. The second kappa shape index (κ2) is 5.17. The van der Waals surface area contributed by atoms with Gasteiger partial charge in [0, 0.05) is 12.0 Å². The molecule has 0 spiro atoms. The average Bonchev–Trinajstić information content (AvgIpc) is 2.69. The van der Waals surface area contributed by atoms with Crippen molar-refractivity contribution in [3.63, 3.8) is 0 Å². The van der Waals surface area contributed by atoms with E-state index in [9.17, 15) is 13.2 Å². The van der Waals surface area contributed by atoms with Gasteiger partial charge < -0.3 is 0 Å². The molecular formula is C13H10Cl2F3N. The first kappa shape index (κ1) is 14.4. The van der Waals surface area contributed by atoms with E-state index in [0.717, 1.165) is 23.4 Å². The molecule has 0 radical (unpaired) electrons. The van der Waals surface area contributed by atoms with Gasteiger partial charge in [0.15, 0.2) is 0 Å². The first-order valence-corrected chi connectivity index (χ1v) is 6.43. The van der Waals surface area contributed by atoms with E-state index in [1.54, 1.807) is 0 Å². The third kappa shape index (κ3) is 2.95. The van der Waals surface area contributed by atoms with Crippen LogP contribution >= 0.6 is 23.2 Å². The highest BCUT2D eigenvalue weighted by molar-refractivity contribution is 6.34. The molecule has 102 valence electrons. The fourth-order valence-corrected chi connectivity index (χ4v) is 2.45. The summed E-state index contributed by atoms with van der Waals surface area (Å²) in [5.74, 6) is 0.285. The SMILES string of the molecule is CC1=C(CCl)N=C(c2ccc(C(F)(F)F)cc2Cl)C1. The minimum Gasteiger partial charge on any atom is -0.256 e. The molecule has 0 N–H and O–H groups in total. The number of allylic oxidation sites excluding steroid dienone is 2. The van der Waals surface area contributed by atoms with E-state index in [-0.39, 0.29) is 10.9 Å². The Balaban J connectivity index is 2.35. The van der Waals surface area contributed by atoms with E-state index >= 15 is 0 Å². The second-order valence-corrected chi connectivity index (χ2v) is 4.96. The monoisotopic (exact) mass is 307 g/mol. The highest BCUT2D eigenvalue weighted by Crippen LogP contribution is 2.34. The summed E-state index contributed by atoms with van der Waals surface area (Å²) < 4.78 is 37.6. The molecule has 0 fully saturated rings. The maximum Gasteiger partial charge on any atom is 0.416 e. The maximum absolute atomic E-state index is 12.5. The van der Waals surface area contributed by atoms with Gasteiger partial charge in [0.1, 0.15) is 0 Å². The zero-order chi connectivity index (χ0) is 14.2. The fourth-order valence-electron chi connectivity index (χ4n) is 1.88. The molecule has 19 heavy (non-hydrogen) atoms. The minimum absolute atomic E-state index is 0.0530. The third-order valence-electron chi connectivity index (χ3n) is 2.93. The summed E-state index contributed by atoms with van der Waals surface area (Å²) in [4.78, 5) is 4.31. The van der Waals surface area contributed by atoms with Crippen molar-refractivity contribution < 1.29 is 13.2 Å². The molecule has 2 rings (SSSR count). The summed E-state index contributed by atoms with van der Waals surface area (Å²) in [5, 5.41) is 0.0530. The summed E-state index contributed by atoms with van der Waals surface area (Å²) in [6.07, 6.45) is -3.83. The molecular weight excluding hydrogens is 298 g/mol. The van der Waals surface area contributed by atoms with Crippen molar-refractivity contribution in [2.24, 2.45) is 4.99 Å². The van der Waals surface area contributed by atoms with E-state index in [0.29, 0.717) is 17.7 Å². The lowest BCUT2D eigenvalue weighted by molar-refractivity contribution is -0.137. The first-order chi connectivity index (χ1) is 8.82. The normalized spacial score (nSPS) is 16.0. The van der Waals surface area contributed by atoms with Gasteiger partial charge >= 0.3 is 6.18 Å². The van der Waals surface area contributed by atoms with Gasteiger partial charge in [0.25, 0.3) is 0 Å². The Labute approximate surface area is 118 Å². The van der Waals surface area contributed by atoms with Gasteiger partial charge in [-0.1, -0.05) is 17.7 Å². The number of hydrogen-bond donors (Lipinski definition) is 0. The van der Waals surface area contributed by atoms with Crippen LogP contribution in [0.3, 0.4) is 0 Å². The van der Waals surface area contributed by atoms with Gasteiger partial charge in [0.05, 0.1) is 27.9 Å². The van der Waals surface area contributed by atoms with Crippen LogP contribution in [0.25, 0.3) is 0 Å². The molecule has 1 aromatic carbocycles. The lowest BCUT2D eigenvalue weighted by Crippen LogP contribution is -2.06. The van der Waals surface area contributed by atoms with Crippen molar-refractivity contribution in [1.29, 1.82) is 0 Å². The van der Waals surface area contributed by atoms with Gasteiger partial charge in [-0.15, -0.1) is 11.6 Å². The van der Waals surface area contributed by atoms with Gasteiger partial charge in [-0.3, -0.25) is 4.99 Å². The van der Waals surface area contributed by atoms with Crippen LogP contribution in [-0.4, -0.2) is 11.6 Å². The Kier molecular flexibility index (Phi) is 3.92. The highest BCUT2D eigenvalue weighted by atomic mass is 35.5. The van der Waals surface area contributed by atoms with Gasteiger partial charge in [-0.05, 0) is 24.6 Å². The molecule has 1 aliphatic rings. The standard InChI is InChI=1S/C13H10Cl2F3N/c1-7-4-11(19-12(7)6-14)9-3-2-8(5-10(9)15)13(16,17)18/h2-3,5H,4,6H2,1H3. The quantitative estimate of drug-likeness (QED) is 0.677. The molecule has 0 aromatic heterocycles. The molecule has 1 aliphatic heterocycles. The Morgan fingerprint density at radius 1 is 1.32 bits per heavy atom. The Morgan fingerprint density at radius 3 is 2.47 bits per heavy atom. The zero-order valence-corrected chi connectivity index (χ0v) is 11.5. The molecule has 6 heteroatoms. The summed E-state index contributed by atoms with van der Waals surface area (Å²) in [7, 11) is 0. The first-order valence-electron chi connectivity index (χ1n) is 5.52. The number of aliphatic imine (C=N–C) groups is 1. The van der Waals surface area contributed by atoms with Crippen molar-refractivity contribution in [2.45, 2.75) is 19.5 Å². The average molecular weight is 308 g/mol. The number of rotatable bonds is 2. The molecule has 1 nitrogen and oxygen atoms in total. The van der Waals surface area contributed by atoms with Crippen molar-refractivity contribution >= 4 is 28.9 Å². The molecule has 0 saturated heterocycles. The summed E-state index contributed by atoms with van der Waals surface area (Å²) in [5.41, 5.74) is 2.19. The van der Waals surface area contributed by atoms with Crippen molar-refractivity contribution in [1.82, 2.24) is 0 Å². The van der Waals surface area contributed by atoms with Gasteiger partial charge in [-0.2, -0.15) is 13.2 Å². The van der Waals surface area contributed by atoms with Gasteiger partial charge in [0.2, 0.25) is 0 Å². The van der Waals surface area contributed by atoms with E-state index in [2.05, 4.69) is 4.99 Å². The van der Waals surface area contributed by atoms with Gasteiger partial charge in [-0.25, -0.2) is 0 Å². The fraction of sp³-hybridized carbons (Fsp3) is 0.308. The lowest BCUT2D eigenvalue weighted by atomic mass is 10.0. The second-order valence-electron chi connectivity index (χ2n) is 4.29. The lowest BCUT2D eigenvalue weighted by Gasteiger charge is -2.10. The van der Waals surface area contributed by atoms with Crippen LogP contribution in [0.1, 0.15) is 24.5 Å². The smallest absolute Gasteiger partial charge is 0.256 e. The van der Waals surface area contributed by atoms with E-state index in [1.807, 2.05) is 6.92 Å². The van der Waals surface area contributed by atoms with E-state index < -0.39 is 11.7 Å². The number of halogens is 5. The molecule has 0 bridgehead atoms. The third-order valence-corrected chi connectivity index (χ3v) is 3.49. The zero-order valence-electron chi connectivity index (χ0n) is 9.98. The molecule has 0 unspecified atom stereocenters. The van der Waals surface area contributed by atoms with Crippen molar-refractivity contribution in [3.05, 3.63) is 45.6 Å². The Morgan fingerprint density at radius 2 is 2.00 bits per heavy atom. The van der Waals surface area contributed by atoms with E-state index in [1.165, 1.54) is 6.07 Å². The number of nitrogens with zero attached hydrogens (tertiary/aromatic N) is 1. The number of benzene rings is 1. The number of alkyl halides is 4. The Hall–Kier alpha value is -1.00. The topological polar surface area (TPSA) is 12.4 Å². The number of hydrogen-bond acceptors (Lipinski definition) is 1. The van der Waals surface area contributed by atoms with Crippen molar-refractivity contribution in [3.8, 4) is 0 Å². The summed E-state index contributed by atoms with van der Waals surface area (Å²) in [6.45, 7) is 1.90. The molecule has 0 saturated carbocycles. The minimum atomic E-state index is -4.39. The van der Waals surface area contributed by atoms with Crippen molar-refractivity contribution in [2.75, 3.05) is 5.88 Å².